The second kappa shape index (κ2) is 19.3. The van der Waals surface area contributed by atoms with Crippen LogP contribution in [0.5, 0.6) is 0 Å². The molecule has 2 saturated heterocycles. The Morgan fingerprint density at radius 1 is 0.964 bits per heavy atom. The fourth-order valence-electron chi connectivity index (χ4n) is 7.25. The van der Waals surface area contributed by atoms with Crippen LogP contribution in [-0.2, 0) is 18.9 Å². The number of amides is 1. The van der Waals surface area contributed by atoms with Crippen LogP contribution < -0.4 is 61.4 Å². The Morgan fingerprint density at radius 2 is 1.55 bits per heavy atom. The van der Waals surface area contributed by atoms with E-state index in [1.807, 2.05) is 32.6 Å². The Hall–Kier alpha value is -2.16. The van der Waals surface area contributed by atoms with Crippen molar-refractivity contribution in [1.82, 2.24) is 24.5 Å². The van der Waals surface area contributed by atoms with Gasteiger partial charge in [0.2, 0.25) is 0 Å². The standard InChI is InChI=1S/C40H62N6O7Si2.K/c1-12-52-27(2)34-35(29-21-30-14-15-31(22-29)45(30)39(49)53-40(3,4)5)43-36-32(28-13-16-33(38(47)48)41-23-28)24-42-46(36)37(34)44(25-50-17-19-54(6,7)8)26-51-18-20-55(9,10)11;/h13,16,23-24,29-31H,2,12,14-15,17-22,25-26H2,1,3-11H3,(H,47,48);/q;+1/p-1/t29-,30+,31-;. The summed E-state index contributed by atoms with van der Waals surface area (Å²) >= 11 is 0. The minimum Gasteiger partial charge on any atom is -0.543 e. The number of carbonyl (C=O) groups excluding carboxylic acids is 2. The van der Waals surface area contributed by atoms with E-state index >= 15 is 0 Å². The van der Waals surface area contributed by atoms with E-state index in [4.69, 9.17) is 29.0 Å². The third-order valence-corrected chi connectivity index (χ3v) is 13.5. The van der Waals surface area contributed by atoms with Crippen LogP contribution in [0.3, 0.4) is 0 Å². The maximum Gasteiger partial charge on any atom is 1.00 e. The van der Waals surface area contributed by atoms with Gasteiger partial charge in [0.05, 0.1) is 35.7 Å². The molecule has 2 bridgehead atoms. The number of nitrogens with zero attached hydrogens (tertiary/aromatic N) is 6. The minimum atomic E-state index is -1.37. The van der Waals surface area contributed by atoms with Crippen molar-refractivity contribution in [2.45, 2.75) is 128 Å². The average Bonchev–Trinajstić information content (AvgIpc) is 3.62. The number of aromatic nitrogens is 4. The van der Waals surface area contributed by atoms with E-state index in [1.54, 1.807) is 16.8 Å². The van der Waals surface area contributed by atoms with Gasteiger partial charge in [-0.2, -0.15) is 9.61 Å². The van der Waals surface area contributed by atoms with Crippen LogP contribution in [0, 0.1) is 0 Å². The summed E-state index contributed by atoms with van der Waals surface area (Å²) in [6, 6.07) is 5.12. The number of hydrogen-bond donors (Lipinski definition) is 0. The SMILES string of the molecule is C=C(OCC)c1c([C@H]2C[C@H]3CC[C@@H](C2)N3C(=O)OC(C)(C)C)nc2c(-c3ccc(C(=O)[O-])nc3)cnn2c1N(COCC[Si](C)(C)C)COCC[Si](C)(C)C.[K+]. The van der Waals surface area contributed by atoms with Crippen LogP contribution in [0.1, 0.15) is 81.0 Å². The molecule has 0 N–H and O–H groups in total. The van der Waals surface area contributed by atoms with E-state index in [-0.39, 0.29) is 94.6 Å². The predicted octanol–water partition coefficient (Wildman–Crippen LogP) is 4.24. The number of carboxylic acid groups (broad SMARTS) is 1. The Bertz CT molecular complexity index is 1800. The van der Waals surface area contributed by atoms with Gasteiger partial charge in [0.1, 0.15) is 30.6 Å². The first-order valence-corrected chi connectivity index (χ1v) is 27.0. The molecule has 302 valence electrons. The zero-order valence-electron chi connectivity index (χ0n) is 35.6. The number of carboxylic acids is 1. The predicted molar refractivity (Wildman–Crippen MR) is 218 cm³/mol. The number of fused-ring (bicyclic) bond motifs is 3. The summed E-state index contributed by atoms with van der Waals surface area (Å²) in [6.45, 7) is 28.1. The quantitative estimate of drug-likeness (QED) is 0.0835. The molecule has 3 atom stereocenters. The van der Waals surface area contributed by atoms with E-state index in [0.717, 1.165) is 36.2 Å². The van der Waals surface area contributed by atoms with Crippen molar-refractivity contribution in [1.29, 1.82) is 0 Å². The molecule has 13 nitrogen and oxygen atoms in total. The van der Waals surface area contributed by atoms with Gasteiger partial charge in [-0.1, -0.05) is 51.9 Å². The fourth-order valence-corrected chi connectivity index (χ4v) is 8.77. The van der Waals surface area contributed by atoms with Crippen molar-refractivity contribution in [3.63, 3.8) is 0 Å². The average molecular weight is 833 g/mol. The van der Waals surface area contributed by atoms with Crippen LogP contribution in [0.4, 0.5) is 10.6 Å². The molecule has 0 saturated carbocycles. The molecule has 5 rings (SSSR count). The third kappa shape index (κ3) is 12.0. The Kier molecular flexibility index (Phi) is 16.0. The Balaban J connectivity index is 0.00000696. The molecular formula is C40H61KN6O7Si2. The van der Waals surface area contributed by atoms with Gasteiger partial charge in [0, 0.05) is 64.7 Å². The van der Waals surface area contributed by atoms with Crippen LogP contribution in [0.2, 0.25) is 51.4 Å². The molecule has 5 heterocycles. The molecule has 2 aliphatic rings. The number of rotatable bonds is 17. The van der Waals surface area contributed by atoms with Gasteiger partial charge in [0.15, 0.2) is 5.65 Å². The normalized spacial score (nSPS) is 18.5. The van der Waals surface area contributed by atoms with Gasteiger partial charge < -0.3 is 38.6 Å². The van der Waals surface area contributed by atoms with Crippen molar-refractivity contribution in [2.75, 3.05) is 38.2 Å². The van der Waals surface area contributed by atoms with E-state index in [2.05, 4.69) is 55.7 Å². The number of ether oxygens (including phenoxy) is 4. The smallest absolute Gasteiger partial charge is 0.543 e. The summed E-state index contributed by atoms with van der Waals surface area (Å²) in [5, 5.41) is 16.4. The van der Waals surface area contributed by atoms with Gasteiger partial charge in [-0.15, -0.1) is 0 Å². The van der Waals surface area contributed by atoms with Gasteiger partial charge in [-0.3, -0.25) is 4.98 Å². The van der Waals surface area contributed by atoms with E-state index < -0.39 is 27.7 Å². The monoisotopic (exact) mass is 832 g/mol. The van der Waals surface area contributed by atoms with Crippen molar-refractivity contribution in [2.24, 2.45) is 0 Å². The van der Waals surface area contributed by atoms with E-state index in [1.165, 1.54) is 12.3 Å². The van der Waals surface area contributed by atoms with Crippen molar-refractivity contribution in [3.05, 3.63) is 48.1 Å². The van der Waals surface area contributed by atoms with Crippen LogP contribution in [0.25, 0.3) is 22.5 Å². The number of piperidine rings is 1. The van der Waals surface area contributed by atoms with Crippen molar-refractivity contribution < 1.29 is 85.0 Å². The molecule has 2 aliphatic heterocycles. The molecule has 0 aromatic carbocycles. The van der Waals surface area contributed by atoms with Gasteiger partial charge in [-0.25, -0.2) is 9.78 Å². The number of hydrogen-bond acceptors (Lipinski definition) is 11. The van der Waals surface area contributed by atoms with Crippen molar-refractivity contribution >= 4 is 45.4 Å². The largest absolute Gasteiger partial charge is 1.00 e. The van der Waals surface area contributed by atoms with Crippen LogP contribution in [-0.4, -0.2) is 104 Å². The molecule has 0 spiro atoms. The molecule has 0 aliphatic carbocycles. The second-order valence-electron chi connectivity index (χ2n) is 18.2. The molecular weight excluding hydrogens is 772 g/mol. The van der Waals surface area contributed by atoms with Gasteiger partial charge >= 0.3 is 57.5 Å². The number of anilines is 1. The first-order valence-electron chi connectivity index (χ1n) is 19.6. The minimum absolute atomic E-state index is 0. The molecule has 3 aromatic rings. The summed E-state index contributed by atoms with van der Waals surface area (Å²) < 4.78 is 26.7. The molecule has 0 unspecified atom stereocenters. The Labute approximate surface area is 377 Å². The summed E-state index contributed by atoms with van der Waals surface area (Å²) in [5.41, 5.74) is 2.68. The molecule has 16 heteroatoms. The summed E-state index contributed by atoms with van der Waals surface area (Å²) in [7, 11) is -2.74. The van der Waals surface area contributed by atoms with Crippen molar-refractivity contribution in [3.8, 4) is 11.1 Å². The van der Waals surface area contributed by atoms with Crippen LogP contribution >= 0.6 is 0 Å². The van der Waals surface area contributed by atoms with Gasteiger partial charge in [-0.05, 0) is 71.5 Å². The van der Waals surface area contributed by atoms with E-state index in [9.17, 15) is 14.7 Å². The fraction of sp³-hybridized carbons (Fsp3) is 0.625. The van der Waals surface area contributed by atoms with E-state index in [0.29, 0.717) is 61.0 Å². The molecule has 2 fully saturated rings. The zero-order valence-corrected chi connectivity index (χ0v) is 40.7. The van der Waals surface area contributed by atoms with Gasteiger partial charge in [0.25, 0.3) is 0 Å². The number of carbonyl (C=O) groups is 2. The first-order chi connectivity index (χ1) is 25.8. The number of aromatic carboxylic acids is 1. The summed E-state index contributed by atoms with van der Waals surface area (Å²) in [6.07, 6.45) is 6.10. The summed E-state index contributed by atoms with van der Waals surface area (Å²) in [5.74, 6) is -0.239. The molecule has 56 heavy (non-hydrogen) atoms. The zero-order chi connectivity index (χ0) is 40.3. The maximum absolute atomic E-state index is 13.5. The Morgan fingerprint density at radius 3 is 2.04 bits per heavy atom. The topological polar surface area (TPSA) is 144 Å². The maximum atomic E-state index is 13.5. The summed E-state index contributed by atoms with van der Waals surface area (Å²) in [4.78, 5) is 38.6. The third-order valence-electron chi connectivity index (χ3n) is 10.0. The molecule has 0 radical (unpaired) electrons. The molecule has 1 amide bonds. The van der Waals surface area contributed by atoms with Crippen LogP contribution in [0.15, 0.2) is 31.1 Å². The first kappa shape index (κ1) is 46.5. The second-order valence-corrected chi connectivity index (χ2v) is 29.5. The molecule has 3 aromatic heterocycles. The number of pyridine rings is 1.